The highest BCUT2D eigenvalue weighted by Crippen LogP contribution is 2.25. The average Bonchev–Trinajstić information content (AvgIpc) is 3.07. The Morgan fingerprint density at radius 2 is 1.71 bits per heavy atom. The Labute approximate surface area is 184 Å². The van der Waals surface area contributed by atoms with E-state index >= 15 is 0 Å². The predicted octanol–water partition coefficient (Wildman–Crippen LogP) is 3.59. The number of benzene rings is 2. The van der Waals surface area contributed by atoms with Crippen LogP contribution in [-0.2, 0) is 16.6 Å². The van der Waals surface area contributed by atoms with Gasteiger partial charge in [0.25, 0.3) is 5.91 Å². The molecule has 1 fully saturated rings. The maximum atomic E-state index is 13.1. The summed E-state index contributed by atoms with van der Waals surface area (Å²) in [6, 6.07) is 11.6. The molecule has 0 aliphatic carbocycles. The van der Waals surface area contributed by atoms with Crippen molar-refractivity contribution in [1.82, 2.24) is 9.62 Å². The molecule has 1 amide bonds. The van der Waals surface area contributed by atoms with Crippen LogP contribution in [0.2, 0.25) is 0 Å². The van der Waals surface area contributed by atoms with Gasteiger partial charge in [0.1, 0.15) is 11.5 Å². The number of carbonyl (C=O) groups excluding carboxylic acids is 1. The highest BCUT2D eigenvalue weighted by atomic mass is 32.2. The van der Waals surface area contributed by atoms with Gasteiger partial charge in [0, 0.05) is 19.6 Å². The first-order chi connectivity index (χ1) is 14.9. The number of nitrogens with zero attached hydrogens (tertiary/aromatic N) is 1. The number of hydrogen-bond donors (Lipinski definition) is 1. The van der Waals surface area contributed by atoms with Crippen LogP contribution >= 0.6 is 0 Å². The van der Waals surface area contributed by atoms with Crippen molar-refractivity contribution in [3.05, 3.63) is 53.6 Å². The first-order valence-corrected chi connectivity index (χ1v) is 12.1. The number of rotatable bonds is 8. The molecule has 1 heterocycles. The minimum Gasteiger partial charge on any atom is -0.496 e. The lowest BCUT2D eigenvalue weighted by atomic mass is 10.1. The van der Waals surface area contributed by atoms with Crippen molar-refractivity contribution in [3.63, 3.8) is 0 Å². The lowest BCUT2D eigenvalue weighted by Crippen LogP contribution is -2.32. The second kappa shape index (κ2) is 10.6. The molecule has 2 aromatic rings. The minimum atomic E-state index is -3.81. The number of sulfonamides is 1. The van der Waals surface area contributed by atoms with Crippen LogP contribution in [0.4, 0.5) is 0 Å². The first-order valence-electron chi connectivity index (χ1n) is 10.6. The first kappa shape index (κ1) is 23.1. The number of hydrogen-bond acceptors (Lipinski definition) is 5. The Balaban J connectivity index is 1.77. The fourth-order valence-electron chi connectivity index (χ4n) is 3.60. The van der Waals surface area contributed by atoms with Crippen LogP contribution in [-0.4, -0.2) is 46.0 Å². The van der Waals surface area contributed by atoms with Gasteiger partial charge in [0.2, 0.25) is 10.0 Å². The lowest BCUT2D eigenvalue weighted by molar-refractivity contribution is 0.0758. The van der Waals surface area contributed by atoms with Crippen LogP contribution in [0.5, 0.6) is 11.5 Å². The molecule has 1 saturated heterocycles. The molecule has 0 bridgehead atoms. The molecule has 168 valence electrons. The van der Waals surface area contributed by atoms with Gasteiger partial charge in [-0.15, -0.1) is 0 Å². The third kappa shape index (κ3) is 5.98. The van der Waals surface area contributed by atoms with E-state index in [-0.39, 0.29) is 22.9 Å². The van der Waals surface area contributed by atoms with E-state index in [1.54, 1.807) is 17.0 Å². The van der Waals surface area contributed by atoms with E-state index in [9.17, 15) is 13.2 Å². The second-order valence-electron chi connectivity index (χ2n) is 7.47. The summed E-state index contributed by atoms with van der Waals surface area (Å²) in [5, 5.41) is 0. The van der Waals surface area contributed by atoms with Crippen molar-refractivity contribution in [1.29, 1.82) is 0 Å². The van der Waals surface area contributed by atoms with Gasteiger partial charge >= 0.3 is 0 Å². The molecule has 0 unspecified atom stereocenters. The molecule has 3 rings (SSSR count). The van der Waals surface area contributed by atoms with Gasteiger partial charge in [0.15, 0.2) is 0 Å². The van der Waals surface area contributed by atoms with Gasteiger partial charge in [-0.2, -0.15) is 0 Å². The van der Waals surface area contributed by atoms with E-state index in [0.29, 0.717) is 25.4 Å². The Kier molecular flexibility index (Phi) is 7.92. The molecule has 0 saturated carbocycles. The number of likely N-dealkylation sites (tertiary alicyclic amines) is 1. The Hall–Kier alpha value is -2.58. The van der Waals surface area contributed by atoms with Crippen molar-refractivity contribution in [2.75, 3.05) is 26.8 Å². The normalized spacial score (nSPS) is 14.7. The molecule has 31 heavy (non-hydrogen) atoms. The predicted molar refractivity (Wildman–Crippen MR) is 119 cm³/mol. The van der Waals surface area contributed by atoms with Crippen molar-refractivity contribution >= 4 is 15.9 Å². The van der Waals surface area contributed by atoms with Crippen LogP contribution in [0.25, 0.3) is 0 Å². The molecule has 1 aliphatic heterocycles. The highest BCUT2D eigenvalue weighted by molar-refractivity contribution is 7.89. The van der Waals surface area contributed by atoms with Crippen LogP contribution in [0.3, 0.4) is 0 Å². The van der Waals surface area contributed by atoms with Gasteiger partial charge < -0.3 is 14.4 Å². The quantitative estimate of drug-likeness (QED) is 0.670. The van der Waals surface area contributed by atoms with Gasteiger partial charge in [-0.1, -0.05) is 25.0 Å². The molecule has 2 aromatic carbocycles. The molecule has 0 spiro atoms. The monoisotopic (exact) mass is 446 g/mol. The molecular weight excluding hydrogens is 416 g/mol. The zero-order chi connectivity index (χ0) is 22.3. The summed E-state index contributed by atoms with van der Waals surface area (Å²) in [4.78, 5) is 14.9. The zero-order valence-corrected chi connectivity index (χ0v) is 18.9. The fraction of sp³-hybridized carbons (Fsp3) is 0.435. The average molecular weight is 447 g/mol. The topological polar surface area (TPSA) is 84.9 Å². The highest BCUT2D eigenvalue weighted by Gasteiger charge is 2.24. The number of nitrogens with one attached hydrogen (secondary N) is 1. The van der Waals surface area contributed by atoms with Gasteiger partial charge in [-0.25, -0.2) is 13.1 Å². The van der Waals surface area contributed by atoms with E-state index < -0.39 is 10.0 Å². The lowest BCUT2D eigenvalue weighted by Gasteiger charge is -2.22. The van der Waals surface area contributed by atoms with E-state index in [2.05, 4.69) is 4.72 Å². The van der Waals surface area contributed by atoms with Crippen molar-refractivity contribution in [3.8, 4) is 11.5 Å². The number of carbonyl (C=O) groups is 1. The van der Waals surface area contributed by atoms with Crippen LogP contribution in [0.1, 0.15) is 48.5 Å². The van der Waals surface area contributed by atoms with Gasteiger partial charge in [0.05, 0.1) is 24.2 Å². The smallest absolute Gasteiger partial charge is 0.257 e. The molecule has 1 aliphatic rings. The number of amides is 1. The molecule has 0 radical (unpaired) electrons. The number of methoxy groups -OCH3 is 1. The summed E-state index contributed by atoms with van der Waals surface area (Å²) in [5.41, 5.74) is 1.08. The van der Waals surface area contributed by atoms with Gasteiger partial charge in [-0.05, 0) is 55.7 Å². The fourth-order valence-corrected chi connectivity index (χ4v) is 4.64. The third-order valence-corrected chi connectivity index (χ3v) is 6.70. The minimum absolute atomic E-state index is 0.0393. The second-order valence-corrected chi connectivity index (χ2v) is 9.24. The molecular formula is C23H30N2O5S. The molecule has 7 nitrogen and oxygen atoms in total. The molecule has 0 aromatic heterocycles. The van der Waals surface area contributed by atoms with E-state index in [4.69, 9.17) is 9.47 Å². The van der Waals surface area contributed by atoms with E-state index in [1.165, 1.54) is 25.3 Å². The maximum absolute atomic E-state index is 13.1. The standard InChI is InChI=1S/C23H30N2O5S/c1-3-30-19-10-8-18(9-11-19)17-24-31(27,28)20-12-13-22(29-2)21(16-20)23(26)25-14-6-4-5-7-15-25/h8-13,16,24H,3-7,14-15,17H2,1-2H3. The zero-order valence-electron chi connectivity index (χ0n) is 18.1. The molecule has 0 atom stereocenters. The summed E-state index contributed by atoms with van der Waals surface area (Å²) in [5.74, 6) is 0.919. The summed E-state index contributed by atoms with van der Waals surface area (Å²) in [7, 11) is -2.33. The largest absolute Gasteiger partial charge is 0.496 e. The molecule has 8 heteroatoms. The Morgan fingerprint density at radius 1 is 1.03 bits per heavy atom. The Bertz CT molecular complexity index is 982. The van der Waals surface area contributed by atoms with Crippen molar-refractivity contribution in [2.45, 2.75) is 44.0 Å². The SMILES string of the molecule is CCOc1ccc(CNS(=O)(=O)c2ccc(OC)c(C(=O)N3CCCCCC3)c2)cc1. The van der Waals surface area contributed by atoms with Gasteiger partial charge in [-0.3, -0.25) is 4.79 Å². The van der Waals surface area contributed by atoms with E-state index in [0.717, 1.165) is 37.0 Å². The summed E-state index contributed by atoms with van der Waals surface area (Å²) >= 11 is 0. The van der Waals surface area contributed by atoms with Crippen molar-refractivity contribution < 1.29 is 22.7 Å². The van der Waals surface area contributed by atoms with Crippen LogP contribution < -0.4 is 14.2 Å². The van der Waals surface area contributed by atoms with Crippen LogP contribution in [0.15, 0.2) is 47.4 Å². The van der Waals surface area contributed by atoms with E-state index in [1.807, 2.05) is 19.1 Å². The summed E-state index contributed by atoms with van der Waals surface area (Å²) in [6.45, 7) is 3.96. The summed E-state index contributed by atoms with van der Waals surface area (Å²) in [6.07, 6.45) is 4.11. The maximum Gasteiger partial charge on any atom is 0.257 e. The third-order valence-electron chi connectivity index (χ3n) is 5.31. The summed E-state index contributed by atoms with van der Waals surface area (Å²) < 4.78 is 39.1. The van der Waals surface area contributed by atoms with Crippen molar-refractivity contribution in [2.24, 2.45) is 0 Å². The Morgan fingerprint density at radius 3 is 2.32 bits per heavy atom. The molecule has 1 N–H and O–H groups in total. The number of ether oxygens (including phenoxy) is 2. The van der Waals surface area contributed by atoms with Crippen LogP contribution in [0, 0.1) is 0 Å².